The molecule has 6 nitrogen and oxygen atoms in total. The van der Waals surface area contributed by atoms with Gasteiger partial charge in [0.15, 0.2) is 0 Å². The van der Waals surface area contributed by atoms with Crippen LogP contribution in [0.5, 0.6) is 0 Å². The maximum Gasteiger partial charge on any atom is 0.240 e. The van der Waals surface area contributed by atoms with Gasteiger partial charge in [-0.25, -0.2) is 9.97 Å². The summed E-state index contributed by atoms with van der Waals surface area (Å²) < 4.78 is 5.46. The molecule has 0 fully saturated rings. The van der Waals surface area contributed by atoms with E-state index in [1.807, 2.05) is 0 Å². The molecule has 0 aliphatic rings. The SMILES string of the molecule is CCCNC(C)C(c1nc(-c2ncccn2)no1)C(C)C. The van der Waals surface area contributed by atoms with Gasteiger partial charge in [-0.3, -0.25) is 0 Å². The number of aromatic nitrogens is 4. The Morgan fingerprint density at radius 2 is 1.86 bits per heavy atom. The van der Waals surface area contributed by atoms with Crippen molar-refractivity contribution in [3.05, 3.63) is 24.4 Å². The zero-order chi connectivity index (χ0) is 15.2. The van der Waals surface area contributed by atoms with Crippen molar-refractivity contribution in [2.24, 2.45) is 5.92 Å². The van der Waals surface area contributed by atoms with Gasteiger partial charge in [-0.15, -0.1) is 0 Å². The molecule has 0 amide bonds. The fraction of sp³-hybridized carbons (Fsp3) is 0.600. The van der Waals surface area contributed by atoms with Crippen LogP contribution in [0.4, 0.5) is 0 Å². The maximum atomic E-state index is 5.46. The van der Waals surface area contributed by atoms with Crippen LogP contribution in [0.2, 0.25) is 0 Å². The molecule has 2 atom stereocenters. The van der Waals surface area contributed by atoms with Gasteiger partial charge in [0.05, 0.1) is 5.92 Å². The summed E-state index contributed by atoms with van der Waals surface area (Å²) >= 11 is 0. The van der Waals surface area contributed by atoms with Crippen molar-refractivity contribution < 1.29 is 4.52 Å². The van der Waals surface area contributed by atoms with Gasteiger partial charge in [-0.05, 0) is 31.9 Å². The summed E-state index contributed by atoms with van der Waals surface area (Å²) in [6, 6.07) is 2.04. The van der Waals surface area contributed by atoms with E-state index in [9.17, 15) is 0 Å². The summed E-state index contributed by atoms with van der Waals surface area (Å²) in [5.74, 6) is 2.14. The van der Waals surface area contributed by atoms with Crippen LogP contribution in [0.25, 0.3) is 11.6 Å². The summed E-state index contributed by atoms with van der Waals surface area (Å²) in [4.78, 5) is 12.8. The molecule has 0 bridgehead atoms. The van der Waals surface area contributed by atoms with Crippen LogP contribution >= 0.6 is 0 Å². The predicted molar refractivity (Wildman–Crippen MR) is 80.7 cm³/mol. The average Bonchev–Trinajstić information content (AvgIpc) is 2.95. The van der Waals surface area contributed by atoms with Crippen molar-refractivity contribution in [2.75, 3.05) is 6.54 Å². The van der Waals surface area contributed by atoms with E-state index in [2.05, 4.69) is 53.1 Å². The monoisotopic (exact) mass is 289 g/mol. The fourth-order valence-corrected chi connectivity index (χ4v) is 2.45. The first kappa shape index (κ1) is 15.6. The van der Waals surface area contributed by atoms with Crippen LogP contribution in [-0.4, -0.2) is 32.7 Å². The Hall–Kier alpha value is -1.82. The Bertz CT molecular complexity index is 540. The summed E-state index contributed by atoms with van der Waals surface area (Å²) in [7, 11) is 0. The Morgan fingerprint density at radius 1 is 1.14 bits per heavy atom. The molecule has 114 valence electrons. The van der Waals surface area contributed by atoms with Crippen LogP contribution < -0.4 is 5.32 Å². The second kappa shape index (κ2) is 7.26. The van der Waals surface area contributed by atoms with E-state index < -0.39 is 0 Å². The molecule has 0 saturated heterocycles. The molecule has 0 aliphatic carbocycles. The van der Waals surface area contributed by atoms with Gasteiger partial charge in [-0.2, -0.15) is 4.98 Å². The first-order valence-electron chi connectivity index (χ1n) is 7.47. The van der Waals surface area contributed by atoms with Gasteiger partial charge in [-0.1, -0.05) is 25.9 Å². The largest absolute Gasteiger partial charge is 0.338 e. The molecule has 0 aliphatic heterocycles. The van der Waals surface area contributed by atoms with Gasteiger partial charge >= 0.3 is 0 Å². The Morgan fingerprint density at radius 3 is 2.48 bits per heavy atom. The van der Waals surface area contributed by atoms with Crippen molar-refractivity contribution in [1.82, 2.24) is 25.4 Å². The minimum atomic E-state index is 0.168. The molecule has 2 heterocycles. The topological polar surface area (TPSA) is 76.7 Å². The number of nitrogens with zero attached hydrogens (tertiary/aromatic N) is 4. The normalized spacial score (nSPS) is 14.3. The molecule has 0 spiro atoms. The molecule has 2 aromatic heterocycles. The third-order valence-corrected chi connectivity index (χ3v) is 3.47. The van der Waals surface area contributed by atoms with Gasteiger partial charge in [0.25, 0.3) is 0 Å². The molecular weight excluding hydrogens is 266 g/mol. The molecule has 2 rings (SSSR count). The lowest BCUT2D eigenvalue weighted by molar-refractivity contribution is 0.280. The lowest BCUT2D eigenvalue weighted by atomic mass is 9.89. The highest BCUT2D eigenvalue weighted by Crippen LogP contribution is 2.27. The molecule has 0 radical (unpaired) electrons. The van der Waals surface area contributed by atoms with Crippen LogP contribution in [0.1, 0.15) is 45.9 Å². The van der Waals surface area contributed by atoms with Gasteiger partial charge in [0.2, 0.25) is 17.5 Å². The van der Waals surface area contributed by atoms with E-state index in [1.165, 1.54) is 0 Å². The molecule has 6 heteroatoms. The van der Waals surface area contributed by atoms with Crippen molar-refractivity contribution in [1.29, 1.82) is 0 Å². The molecule has 21 heavy (non-hydrogen) atoms. The maximum absolute atomic E-state index is 5.46. The molecule has 1 N–H and O–H groups in total. The lowest BCUT2D eigenvalue weighted by Crippen LogP contribution is -2.35. The van der Waals surface area contributed by atoms with Crippen molar-refractivity contribution in [3.63, 3.8) is 0 Å². The number of rotatable bonds is 7. The van der Waals surface area contributed by atoms with Crippen molar-refractivity contribution in [3.8, 4) is 11.6 Å². The van der Waals surface area contributed by atoms with E-state index in [1.54, 1.807) is 18.5 Å². The minimum Gasteiger partial charge on any atom is -0.338 e. The molecular formula is C15H23N5O. The zero-order valence-corrected chi connectivity index (χ0v) is 13.1. The average molecular weight is 289 g/mol. The quantitative estimate of drug-likeness (QED) is 0.844. The van der Waals surface area contributed by atoms with Crippen molar-refractivity contribution >= 4 is 0 Å². The zero-order valence-electron chi connectivity index (χ0n) is 13.1. The second-order valence-corrected chi connectivity index (χ2v) is 5.54. The third-order valence-electron chi connectivity index (χ3n) is 3.47. The van der Waals surface area contributed by atoms with Gasteiger partial charge in [0, 0.05) is 18.4 Å². The minimum absolute atomic E-state index is 0.168. The highest BCUT2D eigenvalue weighted by molar-refractivity contribution is 5.40. The van der Waals surface area contributed by atoms with Gasteiger partial charge in [0.1, 0.15) is 0 Å². The van der Waals surface area contributed by atoms with E-state index >= 15 is 0 Å². The summed E-state index contributed by atoms with van der Waals surface area (Å²) in [6.45, 7) is 9.62. The van der Waals surface area contributed by atoms with Crippen LogP contribution in [-0.2, 0) is 0 Å². The molecule has 0 saturated carbocycles. The summed E-state index contributed by atoms with van der Waals surface area (Å²) in [5, 5.41) is 7.52. The standard InChI is InChI=1S/C15H23N5O/c1-5-7-16-11(4)12(10(2)3)15-19-14(20-21-15)13-17-8-6-9-18-13/h6,8-12,16H,5,7H2,1-4H3. The fourth-order valence-electron chi connectivity index (χ4n) is 2.45. The van der Waals surface area contributed by atoms with E-state index in [0.29, 0.717) is 23.5 Å². The Kier molecular flexibility index (Phi) is 5.38. The van der Waals surface area contributed by atoms with E-state index in [-0.39, 0.29) is 12.0 Å². The third kappa shape index (κ3) is 3.85. The molecule has 2 aromatic rings. The molecule has 2 unspecified atom stereocenters. The van der Waals surface area contributed by atoms with E-state index in [0.717, 1.165) is 13.0 Å². The summed E-state index contributed by atoms with van der Waals surface area (Å²) in [6.07, 6.45) is 4.44. The predicted octanol–water partition coefficient (Wildman–Crippen LogP) is 2.65. The number of hydrogen-bond acceptors (Lipinski definition) is 6. The van der Waals surface area contributed by atoms with Gasteiger partial charge < -0.3 is 9.84 Å². The number of nitrogens with one attached hydrogen (secondary N) is 1. The molecule has 0 aromatic carbocycles. The van der Waals surface area contributed by atoms with Crippen LogP contribution in [0.3, 0.4) is 0 Å². The first-order chi connectivity index (χ1) is 10.1. The Balaban J connectivity index is 2.20. The number of hydrogen-bond donors (Lipinski definition) is 1. The van der Waals surface area contributed by atoms with Crippen LogP contribution in [0, 0.1) is 5.92 Å². The smallest absolute Gasteiger partial charge is 0.240 e. The van der Waals surface area contributed by atoms with E-state index in [4.69, 9.17) is 4.52 Å². The Labute approximate surface area is 125 Å². The first-order valence-corrected chi connectivity index (χ1v) is 7.47. The lowest BCUT2D eigenvalue weighted by Gasteiger charge is -2.24. The highest BCUT2D eigenvalue weighted by Gasteiger charge is 2.28. The highest BCUT2D eigenvalue weighted by atomic mass is 16.5. The summed E-state index contributed by atoms with van der Waals surface area (Å²) in [5.41, 5.74) is 0. The van der Waals surface area contributed by atoms with Crippen molar-refractivity contribution in [2.45, 2.75) is 46.1 Å². The van der Waals surface area contributed by atoms with Crippen LogP contribution in [0.15, 0.2) is 23.0 Å². The second-order valence-electron chi connectivity index (χ2n) is 5.54.